The lowest BCUT2D eigenvalue weighted by atomic mass is 10.0. The van der Waals surface area contributed by atoms with Gasteiger partial charge >= 0.3 is 0 Å². The van der Waals surface area contributed by atoms with Gasteiger partial charge in [-0.1, -0.05) is 31.5 Å². The van der Waals surface area contributed by atoms with Gasteiger partial charge in [0.2, 0.25) is 0 Å². The lowest BCUT2D eigenvalue weighted by Crippen LogP contribution is -2.65. The van der Waals surface area contributed by atoms with E-state index in [9.17, 15) is 5.26 Å². The molecule has 2 saturated heterocycles. The van der Waals surface area contributed by atoms with Gasteiger partial charge < -0.3 is 9.80 Å². The molecule has 7 heteroatoms. The molecule has 0 aliphatic carbocycles. The number of piperazine rings is 2. The summed E-state index contributed by atoms with van der Waals surface area (Å²) < 4.78 is 0. The van der Waals surface area contributed by atoms with Crippen molar-refractivity contribution in [3.63, 3.8) is 0 Å². The lowest BCUT2D eigenvalue weighted by molar-refractivity contribution is 0.0356. The topological polar surface area (TPSA) is 59.3 Å². The van der Waals surface area contributed by atoms with Gasteiger partial charge in [-0.15, -0.1) is 0 Å². The van der Waals surface area contributed by atoms with Crippen molar-refractivity contribution in [1.82, 2.24) is 19.8 Å². The molecule has 0 saturated carbocycles. The van der Waals surface area contributed by atoms with Crippen LogP contribution in [0.3, 0.4) is 0 Å². The maximum Gasteiger partial charge on any atom is 0.129 e. The Bertz CT molecular complexity index is 1140. The minimum atomic E-state index is 0.484. The fourth-order valence-corrected chi connectivity index (χ4v) is 5.31. The van der Waals surface area contributed by atoms with Gasteiger partial charge in [-0.3, -0.25) is 9.88 Å². The molecule has 1 aromatic carbocycles. The number of halogens is 1. The van der Waals surface area contributed by atoms with Crippen molar-refractivity contribution < 1.29 is 0 Å². The first-order chi connectivity index (χ1) is 16.6. The molecule has 3 aromatic rings. The number of aromatic nitrogens is 2. The molecular formula is C27H33ClN6. The third-order valence-electron chi connectivity index (χ3n) is 6.81. The van der Waals surface area contributed by atoms with E-state index in [1.165, 1.54) is 11.3 Å². The predicted octanol–water partition coefficient (Wildman–Crippen LogP) is 4.62. The molecule has 0 N–H and O–H groups in total. The Hall–Kier alpha value is -2.72. The van der Waals surface area contributed by atoms with Crippen LogP contribution in [-0.4, -0.2) is 71.1 Å². The van der Waals surface area contributed by atoms with Gasteiger partial charge in [0.25, 0.3) is 0 Å². The molecule has 0 bridgehead atoms. The summed E-state index contributed by atoms with van der Waals surface area (Å²) in [5.41, 5.74) is 3.84. The van der Waals surface area contributed by atoms with Crippen LogP contribution in [0, 0.1) is 11.3 Å². The molecule has 34 heavy (non-hydrogen) atoms. The third kappa shape index (κ3) is 5.17. The number of hydrogen-bond donors (Lipinski definition) is 0. The van der Waals surface area contributed by atoms with Gasteiger partial charge in [0.1, 0.15) is 11.2 Å². The highest BCUT2D eigenvalue weighted by Crippen LogP contribution is 2.31. The van der Waals surface area contributed by atoms with Crippen LogP contribution in [0.15, 0.2) is 48.8 Å². The van der Waals surface area contributed by atoms with Gasteiger partial charge in [0.15, 0.2) is 0 Å². The normalized spacial score (nSPS) is 20.9. The summed E-state index contributed by atoms with van der Waals surface area (Å²) >= 11 is 5.92. The van der Waals surface area contributed by atoms with Crippen molar-refractivity contribution in [3.8, 4) is 6.07 Å². The number of benzene rings is 1. The summed E-state index contributed by atoms with van der Waals surface area (Å²) in [6.45, 7) is 12.6. The molecule has 0 radical (unpaired) electrons. The number of pyridine rings is 2. The average molecular weight is 477 g/mol. The Balaban J connectivity index is 0.00000133. The maximum absolute atomic E-state index is 9.48. The molecule has 178 valence electrons. The number of rotatable bonds is 4. The van der Waals surface area contributed by atoms with E-state index >= 15 is 0 Å². The summed E-state index contributed by atoms with van der Waals surface area (Å²) in [6.07, 6.45) is 4.64. The van der Waals surface area contributed by atoms with Gasteiger partial charge in [0.05, 0.1) is 11.1 Å². The fourth-order valence-electron chi connectivity index (χ4n) is 5.19. The van der Waals surface area contributed by atoms with Crippen molar-refractivity contribution in [2.45, 2.75) is 39.3 Å². The molecule has 2 aliphatic rings. The lowest BCUT2D eigenvalue weighted by Gasteiger charge is -2.51. The van der Waals surface area contributed by atoms with Crippen molar-refractivity contribution >= 4 is 28.2 Å². The first kappa shape index (κ1) is 24.4. The zero-order valence-corrected chi connectivity index (χ0v) is 21.0. The SMILES string of the molecule is CC.CC1CN(c2ccc(C#N)c3ncccc23)CC2CN(CCc3ccc(Cl)nc3)CCN12. The second-order valence-electron chi connectivity index (χ2n) is 8.83. The zero-order valence-electron chi connectivity index (χ0n) is 20.3. The predicted molar refractivity (Wildman–Crippen MR) is 139 cm³/mol. The quantitative estimate of drug-likeness (QED) is 0.512. The monoisotopic (exact) mass is 476 g/mol. The van der Waals surface area contributed by atoms with Gasteiger partial charge in [-0.2, -0.15) is 5.26 Å². The Morgan fingerprint density at radius 1 is 1.06 bits per heavy atom. The molecule has 0 spiro atoms. The van der Waals surface area contributed by atoms with Crippen molar-refractivity contribution in [1.29, 1.82) is 5.26 Å². The fraction of sp³-hybridized carbons (Fsp3) is 0.444. The Kier molecular flexibility index (Phi) is 7.99. The van der Waals surface area contributed by atoms with Crippen LogP contribution < -0.4 is 4.90 Å². The van der Waals surface area contributed by atoms with Crippen molar-refractivity contribution in [3.05, 3.63) is 65.1 Å². The molecule has 2 aromatic heterocycles. The van der Waals surface area contributed by atoms with E-state index < -0.39 is 0 Å². The molecular weight excluding hydrogens is 444 g/mol. The van der Waals surface area contributed by atoms with E-state index in [-0.39, 0.29) is 0 Å². The van der Waals surface area contributed by atoms with Crippen LogP contribution in [-0.2, 0) is 6.42 Å². The minimum absolute atomic E-state index is 0.484. The molecule has 4 heterocycles. The minimum Gasteiger partial charge on any atom is -0.368 e. The summed E-state index contributed by atoms with van der Waals surface area (Å²) in [6, 6.07) is 15.2. The largest absolute Gasteiger partial charge is 0.368 e. The van der Waals surface area contributed by atoms with Crippen LogP contribution in [0.25, 0.3) is 10.9 Å². The molecule has 2 aliphatic heterocycles. The number of hydrogen-bond acceptors (Lipinski definition) is 6. The summed E-state index contributed by atoms with van der Waals surface area (Å²) in [7, 11) is 0. The number of nitriles is 1. The van der Waals surface area contributed by atoms with E-state index in [4.69, 9.17) is 11.6 Å². The molecule has 6 nitrogen and oxygen atoms in total. The second-order valence-corrected chi connectivity index (χ2v) is 9.22. The van der Waals surface area contributed by atoms with E-state index in [2.05, 4.69) is 55.9 Å². The Morgan fingerprint density at radius 2 is 1.91 bits per heavy atom. The smallest absolute Gasteiger partial charge is 0.129 e. The second kappa shape index (κ2) is 11.1. The highest BCUT2D eigenvalue weighted by Gasteiger charge is 2.36. The van der Waals surface area contributed by atoms with E-state index in [1.54, 1.807) is 6.20 Å². The highest BCUT2D eigenvalue weighted by molar-refractivity contribution is 6.29. The van der Waals surface area contributed by atoms with Crippen LogP contribution in [0.5, 0.6) is 0 Å². The van der Waals surface area contributed by atoms with E-state index in [0.29, 0.717) is 22.8 Å². The first-order valence-electron chi connectivity index (χ1n) is 12.2. The molecule has 2 unspecified atom stereocenters. The number of nitrogens with zero attached hydrogens (tertiary/aromatic N) is 6. The summed E-state index contributed by atoms with van der Waals surface area (Å²) in [4.78, 5) is 16.4. The maximum atomic E-state index is 9.48. The van der Waals surface area contributed by atoms with Crippen molar-refractivity contribution in [2.75, 3.05) is 44.2 Å². The first-order valence-corrected chi connectivity index (χ1v) is 12.6. The summed E-state index contributed by atoms with van der Waals surface area (Å²) in [5.74, 6) is 0. The Labute approximate surface area is 207 Å². The molecule has 2 fully saturated rings. The van der Waals surface area contributed by atoms with Gasteiger partial charge in [-0.25, -0.2) is 4.98 Å². The third-order valence-corrected chi connectivity index (χ3v) is 7.03. The van der Waals surface area contributed by atoms with Crippen LogP contribution in [0.1, 0.15) is 31.9 Å². The van der Waals surface area contributed by atoms with E-state index in [0.717, 1.165) is 56.6 Å². The van der Waals surface area contributed by atoms with Crippen LogP contribution >= 0.6 is 11.6 Å². The molecule has 5 rings (SSSR count). The Morgan fingerprint density at radius 3 is 2.68 bits per heavy atom. The summed E-state index contributed by atoms with van der Waals surface area (Å²) in [5, 5.41) is 11.1. The van der Waals surface area contributed by atoms with E-state index in [1.807, 2.05) is 38.2 Å². The zero-order chi connectivity index (χ0) is 24.1. The van der Waals surface area contributed by atoms with Gasteiger partial charge in [-0.05, 0) is 49.2 Å². The van der Waals surface area contributed by atoms with Crippen LogP contribution in [0.4, 0.5) is 5.69 Å². The van der Waals surface area contributed by atoms with Crippen molar-refractivity contribution in [2.24, 2.45) is 0 Å². The molecule has 2 atom stereocenters. The number of fused-ring (bicyclic) bond motifs is 2. The number of anilines is 1. The van der Waals surface area contributed by atoms with Gasteiger partial charge in [0, 0.05) is 74.8 Å². The van der Waals surface area contributed by atoms with Crippen LogP contribution in [0.2, 0.25) is 5.15 Å². The average Bonchev–Trinajstić information content (AvgIpc) is 2.88. The molecule has 0 amide bonds. The highest BCUT2D eigenvalue weighted by atomic mass is 35.5. The standard InChI is InChI=1S/C25H27ClN6.C2H6/c1-18-15-31(23-6-5-20(13-27)25-22(23)3-2-9-28-25)17-21-16-30(11-12-32(18)21)10-8-19-4-7-24(26)29-14-19;1-2/h2-7,9,14,18,21H,8,10-12,15-17H2,1H3;1-2H3.